The fourth-order valence-electron chi connectivity index (χ4n) is 1.07. The first-order chi connectivity index (χ1) is 7.13. The van der Waals surface area contributed by atoms with E-state index in [1.54, 1.807) is 12.3 Å². The molecule has 1 heterocycles. The number of nitrogens with zero attached hydrogens (tertiary/aromatic N) is 1. The Hall–Kier alpha value is -1.62. The maximum absolute atomic E-state index is 10.8. The number of methoxy groups -OCH3 is 1. The number of hydrogen-bond acceptors (Lipinski definition) is 4. The number of nitrogens with one attached hydrogen (secondary N) is 1. The van der Waals surface area contributed by atoms with E-state index >= 15 is 0 Å². The lowest BCUT2D eigenvalue weighted by Crippen LogP contribution is -2.33. The fourth-order valence-corrected chi connectivity index (χ4v) is 1.07. The molecule has 0 saturated carbocycles. The third-order valence-corrected chi connectivity index (χ3v) is 1.86. The van der Waals surface area contributed by atoms with Gasteiger partial charge in [0.15, 0.2) is 0 Å². The summed E-state index contributed by atoms with van der Waals surface area (Å²) < 4.78 is 4.79. The summed E-state index contributed by atoms with van der Waals surface area (Å²) in [6.07, 6.45) is 1.67. The van der Waals surface area contributed by atoms with Crippen molar-refractivity contribution < 1.29 is 14.6 Å². The van der Waals surface area contributed by atoms with E-state index in [0.717, 1.165) is 5.56 Å². The van der Waals surface area contributed by atoms with E-state index in [1.165, 1.54) is 7.11 Å². The van der Waals surface area contributed by atoms with E-state index in [1.807, 2.05) is 13.0 Å². The number of rotatable bonds is 5. The molecule has 0 aliphatic carbocycles. The SMILES string of the molecule is COCC(Nc1ccc(C)cn1)C(=O)O. The number of anilines is 1. The molecule has 1 rings (SSSR count). The van der Waals surface area contributed by atoms with Crippen molar-refractivity contribution in [3.05, 3.63) is 23.9 Å². The second kappa shape index (κ2) is 5.31. The Morgan fingerprint density at radius 3 is 2.87 bits per heavy atom. The van der Waals surface area contributed by atoms with Crippen molar-refractivity contribution in [2.45, 2.75) is 13.0 Å². The highest BCUT2D eigenvalue weighted by atomic mass is 16.5. The van der Waals surface area contributed by atoms with Crippen molar-refractivity contribution in [3.63, 3.8) is 0 Å². The van der Waals surface area contributed by atoms with Gasteiger partial charge in [-0.3, -0.25) is 0 Å². The molecule has 0 aromatic carbocycles. The van der Waals surface area contributed by atoms with Crippen LogP contribution in [0.5, 0.6) is 0 Å². The summed E-state index contributed by atoms with van der Waals surface area (Å²) in [5, 5.41) is 11.6. The van der Waals surface area contributed by atoms with Crippen LogP contribution in [0.3, 0.4) is 0 Å². The second-order valence-corrected chi connectivity index (χ2v) is 3.21. The van der Waals surface area contributed by atoms with E-state index in [0.29, 0.717) is 5.82 Å². The van der Waals surface area contributed by atoms with Crippen LogP contribution in [0.1, 0.15) is 5.56 Å². The van der Waals surface area contributed by atoms with Crippen LogP contribution in [0.4, 0.5) is 5.82 Å². The lowest BCUT2D eigenvalue weighted by Gasteiger charge is -2.13. The first-order valence-corrected chi connectivity index (χ1v) is 4.54. The van der Waals surface area contributed by atoms with E-state index < -0.39 is 12.0 Å². The lowest BCUT2D eigenvalue weighted by atomic mass is 10.3. The number of carboxylic acids is 1. The maximum atomic E-state index is 10.8. The largest absolute Gasteiger partial charge is 0.480 e. The van der Waals surface area contributed by atoms with Crippen LogP contribution in [-0.4, -0.2) is 35.8 Å². The molecule has 1 atom stereocenters. The number of carboxylic acid groups (broad SMARTS) is 1. The summed E-state index contributed by atoms with van der Waals surface area (Å²) in [7, 11) is 1.46. The summed E-state index contributed by atoms with van der Waals surface area (Å²) in [5.74, 6) is -0.427. The molecule has 1 aromatic heterocycles. The third-order valence-electron chi connectivity index (χ3n) is 1.86. The topological polar surface area (TPSA) is 71.5 Å². The van der Waals surface area contributed by atoms with Gasteiger partial charge in [0.2, 0.25) is 0 Å². The van der Waals surface area contributed by atoms with Gasteiger partial charge in [0.05, 0.1) is 6.61 Å². The van der Waals surface area contributed by atoms with Crippen molar-refractivity contribution >= 4 is 11.8 Å². The summed E-state index contributed by atoms with van der Waals surface area (Å²) >= 11 is 0. The quantitative estimate of drug-likeness (QED) is 0.755. The van der Waals surface area contributed by atoms with E-state index in [-0.39, 0.29) is 6.61 Å². The first kappa shape index (κ1) is 11.5. The van der Waals surface area contributed by atoms with E-state index in [9.17, 15) is 4.79 Å². The summed E-state index contributed by atoms with van der Waals surface area (Å²) in [6.45, 7) is 2.02. The monoisotopic (exact) mass is 210 g/mol. The highest BCUT2D eigenvalue weighted by Gasteiger charge is 2.16. The summed E-state index contributed by atoms with van der Waals surface area (Å²) in [4.78, 5) is 14.8. The van der Waals surface area contributed by atoms with Crippen molar-refractivity contribution in [3.8, 4) is 0 Å². The minimum absolute atomic E-state index is 0.102. The molecule has 1 aromatic rings. The lowest BCUT2D eigenvalue weighted by molar-refractivity contribution is -0.139. The van der Waals surface area contributed by atoms with Gasteiger partial charge in [-0.1, -0.05) is 6.07 Å². The van der Waals surface area contributed by atoms with Crippen LogP contribution in [-0.2, 0) is 9.53 Å². The van der Waals surface area contributed by atoms with Crippen molar-refractivity contribution in [2.24, 2.45) is 0 Å². The van der Waals surface area contributed by atoms with Gasteiger partial charge in [0.1, 0.15) is 11.9 Å². The molecule has 0 fully saturated rings. The zero-order chi connectivity index (χ0) is 11.3. The van der Waals surface area contributed by atoms with Crippen LogP contribution in [0, 0.1) is 6.92 Å². The van der Waals surface area contributed by atoms with Crippen molar-refractivity contribution in [1.82, 2.24) is 4.98 Å². The summed E-state index contributed by atoms with van der Waals surface area (Å²) in [5.41, 5.74) is 1.03. The van der Waals surface area contributed by atoms with Gasteiger partial charge in [-0.15, -0.1) is 0 Å². The van der Waals surface area contributed by atoms with Gasteiger partial charge in [-0.05, 0) is 18.6 Å². The predicted molar refractivity (Wildman–Crippen MR) is 55.9 cm³/mol. The van der Waals surface area contributed by atoms with Crippen molar-refractivity contribution in [2.75, 3.05) is 19.0 Å². The molecule has 1 unspecified atom stereocenters. The van der Waals surface area contributed by atoms with Crippen LogP contribution in [0.25, 0.3) is 0 Å². The minimum Gasteiger partial charge on any atom is -0.480 e. The highest BCUT2D eigenvalue weighted by molar-refractivity contribution is 5.77. The van der Waals surface area contributed by atoms with Crippen LogP contribution >= 0.6 is 0 Å². The third kappa shape index (κ3) is 3.55. The zero-order valence-corrected chi connectivity index (χ0v) is 8.73. The van der Waals surface area contributed by atoms with Gasteiger partial charge in [0, 0.05) is 13.3 Å². The molecular weight excluding hydrogens is 196 g/mol. The van der Waals surface area contributed by atoms with Gasteiger partial charge in [0.25, 0.3) is 0 Å². The number of ether oxygens (including phenoxy) is 1. The smallest absolute Gasteiger partial charge is 0.328 e. The minimum atomic E-state index is -0.959. The number of aliphatic carboxylic acids is 1. The highest BCUT2D eigenvalue weighted by Crippen LogP contribution is 2.05. The fraction of sp³-hybridized carbons (Fsp3) is 0.400. The first-order valence-electron chi connectivity index (χ1n) is 4.54. The molecular formula is C10H14N2O3. The molecule has 0 aliphatic heterocycles. The van der Waals surface area contributed by atoms with E-state index in [2.05, 4.69) is 10.3 Å². The molecule has 0 spiro atoms. The van der Waals surface area contributed by atoms with E-state index in [4.69, 9.17) is 9.84 Å². The van der Waals surface area contributed by atoms with Crippen molar-refractivity contribution in [1.29, 1.82) is 0 Å². The second-order valence-electron chi connectivity index (χ2n) is 3.21. The molecule has 0 amide bonds. The molecule has 0 saturated heterocycles. The Balaban J connectivity index is 2.65. The molecule has 2 N–H and O–H groups in total. The van der Waals surface area contributed by atoms with Gasteiger partial charge < -0.3 is 15.2 Å². The Labute approximate surface area is 88.1 Å². The van der Waals surface area contributed by atoms with Gasteiger partial charge in [-0.25, -0.2) is 9.78 Å². The molecule has 0 bridgehead atoms. The number of aromatic nitrogens is 1. The molecule has 0 radical (unpaired) electrons. The van der Waals surface area contributed by atoms with Gasteiger partial charge in [-0.2, -0.15) is 0 Å². The Bertz CT molecular complexity index is 324. The Kier molecular flexibility index (Phi) is 4.05. The number of hydrogen-bond donors (Lipinski definition) is 2. The van der Waals surface area contributed by atoms with Crippen LogP contribution < -0.4 is 5.32 Å². The average Bonchev–Trinajstić information content (AvgIpc) is 2.20. The number of carbonyl (C=O) groups is 1. The molecule has 5 nitrogen and oxygen atoms in total. The zero-order valence-electron chi connectivity index (χ0n) is 8.73. The Morgan fingerprint density at radius 2 is 2.40 bits per heavy atom. The normalized spacial score (nSPS) is 12.1. The summed E-state index contributed by atoms with van der Waals surface area (Å²) in [6, 6.07) is 2.83. The molecule has 82 valence electrons. The molecule has 0 aliphatic rings. The number of pyridine rings is 1. The Morgan fingerprint density at radius 1 is 1.67 bits per heavy atom. The van der Waals surface area contributed by atoms with Crippen LogP contribution in [0.2, 0.25) is 0 Å². The molecule has 5 heteroatoms. The standard InChI is InChI=1S/C10H14N2O3/c1-7-3-4-9(11-5-7)12-8(6-15-2)10(13)14/h3-5,8H,6H2,1-2H3,(H,11,12)(H,13,14). The predicted octanol–water partition coefficient (Wildman–Crippen LogP) is 0.902. The number of aryl methyl sites for hydroxylation is 1. The maximum Gasteiger partial charge on any atom is 0.328 e. The average molecular weight is 210 g/mol. The van der Waals surface area contributed by atoms with Gasteiger partial charge >= 0.3 is 5.97 Å². The van der Waals surface area contributed by atoms with Crippen LogP contribution in [0.15, 0.2) is 18.3 Å². The molecule has 15 heavy (non-hydrogen) atoms.